The smallest absolute Gasteiger partial charge is 0.258 e. The first-order valence-corrected chi connectivity index (χ1v) is 10.7. The lowest BCUT2D eigenvalue weighted by atomic mass is 9.91. The van der Waals surface area contributed by atoms with Crippen molar-refractivity contribution in [3.63, 3.8) is 0 Å². The maximum absolute atomic E-state index is 13.5. The van der Waals surface area contributed by atoms with Gasteiger partial charge in [0, 0.05) is 18.2 Å². The Morgan fingerprint density at radius 1 is 0.880 bits per heavy atom. The van der Waals surface area contributed by atoms with E-state index in [1.54, 1.807) is 10.4 Å². The summed E-state index contributed by atoms with van der Waals surface area (Å²) in [5.74, 6) is 0. The average molecular weight is 366 g/mol. The molecule has 0 amide bonds. The molecule has 0 saturated heterocycles. The number of hydrogen-bond acceptors (Lipinski definition) is 4. The van der Waals surface area contributed by atoms with Gasteiger partial charge in [0.25, 0.3) is 5.69 Å². The van der Waals surface area contributed by atoms with Crippen LogP contribution in [0.3, 0.4) is 0 Å². The summed E-state index contributed by atoms with van der Waals surface area (Å²) < 4.78 is 28.6. The van der Waals surface area contributed by atoms with E-state index in [9.17, 15) is 18.5 Å². The summed E-state index contributed by atoms with van der Waals surface area (Å²) in [7, 11) is -3.88. The average Bonchev–Trinajstić information content (AvgIpc) is 2.63. The molecule has 7 heteroatoms. The first kappa shape index (κ1) is 18.3. The highest BCUT2D eigenvalue weighted by molar-refractivity contribution is 7.89. The van der Waals surface area contributed by atoms with Gasteiger partial charge in [-0.3, -0.25) is 10.1 Å². The highest BCUT2D eigenvalue weighted by Gasteiger charge is 2.40. The summed E-state index contributed by atoms with van der Waals surface area (Å²) in [5, 5.41) is 11.4. The molecule has 0 atom stereocenters. The zero-order chi connectivity index (χ0) is 17.9. The third-order valence-electron chi connectivity index (χ3n) is 5.49. The van der Waals surface area contributed by atoms with Crippen molar-refractivity contribution in [3.05, 3.63) is 34.4 Å². The largest absolute Gasteiger partial charge is 0.289 e. The molecule has 0 bridgehead atoms. The van der Waals surface area contributed by atoms with E-state index in [4.69, 9.17) is 0 Å². The van der Waals surface area contributed by atoms with Crippen LogP contribution in [0.2, 0.25) is 0 Å². The molecule has 138 valence electrons. The molecular weight excluding hydrogens is 340 g/mol. The Kier molecular flexibility index (Phi) is 5.74. The summed E-state index contributed by atoms with van der Waals surface area (Å²) in [6.07, 6.45) is 9.82. The molecule has 0 radical (unpaired) electrons. The van der Waals surface area contributed by atoms with Gasteiger partial charge in [0.05, 0.1) is 4.92 Å². The van der Waals surface area contributed by atoms with E-state index >= 15 is 0 Å². The molecule has 2 aliphatic rings. The predicted octanol–water partition coefficient (Wildman–Crippen LogP) is 4.25. The molecule has 0 aromatic heterocycles. The van der Waals surface area contributed by atoms with Crippen molar-refractivity contribution in [3.8, 4) is 0 Å². The van der Waals surface area contributed by atoms with Crippen LogP contribution in [0.25, 0.3) is 0 Å². The van der Waals surface area contributed by atoms with Crippen LogP contribution in [-0.2, 0) is 10.0 Å². The fourth-order valence-electron chi connectivity index (χ4n) is 4.30. The van der Waals surface area contributed by atoms with Gasteiger partial charge < -0.3 is 0 Å². The van der Waals surface area contributed by atoms with Crippen molar-refractivity contribution in [2.75, 3.05) is 0 Å². The Morgan fingerprint density at radius 2 is 1.36 bits per heavy atom. The minimum atomic E-state index is -3.88. The van der Waals surface area contributed by atoms with Gasteiger partial charge in [-0.1, -0.05) is 50.7 Å². The molecule has 6 nitrogen and oxygen atoms in total. The third-order valence-corrected chi connectivity index (χ3v) is 7.54. The molecule has 3 rings (SSSR count). The number of para-hydroxylation sites is 1. The molecule has 1 aromatic carbocycles. The second kappa shape index (κ2) is 7.83. The van der Waals surface area contributed by atoms with Crippen molar-refractivity contribution in [2.45, 2.75) is 81.2 Å². The van der Waals surface area contributed by atoms with Crippen LogP contribution in [0.15, 0.2) is 29.2 Å². The number of nitro groups is 1. The summed E-state index contributed by atoms with van der Waals surface area (Å²) in [4.78, 5) is 10.6. The van der Waals surface area contributed by atoms with E-state index in [-0.39, 0.29) is 22.7 Å². The van der Waals surface area contributed by atoms with Gasteiger partial charge in [0.1, 0.15) is 0 Å². The molecule has 2 saturated carbocycles. The minimum absolute atomic E-state index is 0.0262. The lowest BCUT2D eigenvalue weighted by Crippen LogP contribution is -2.48. The highest BCUT2D eigenvalue weighted by atomic mass is 32.2. The lowest BCUT2D eigenvalue weighted by molar-refractivity contribution is -0.387. The second-order valence-electron chi connectivity index (χ2n) is 7.14. The Hall–Kier alpha value is -1.47. The Morgan fingerprint density at radius 3 is 1.84 bits per heavy atom. The Bertz CT molecular complexity index is 690. The van der Waals surface area contributed by atoms with Crippen molar-refractivity contribution < 1.29 is 13.3 Å². The van der Waals surface area contributed by atoms with Gasteiger partial charge in [-0.25, -0.2) is 8.42 Å². The molecule has 0 unspecified atom stereocenters. The topological polar surface area (TPSA) is 80.5 Å². The maximum atomic E-state index is 13.5. The van der Waals surface area contributed by atoms with Crippen LogP contribution in [0.5, 0.6) is 0 Å². The van der Waals surface area contributed by atoms with Crippen LogP contribution in [0.4, 0.5) is 5.69 Å². The Labute approximate surface area is 149 Å². The molecule has 0 heterocycles. The van der Waals surface area contributed by atoms with E-state index < -0.39 is 14.9 Å². The Balaban J connectivity index is 2.03. The number of nitro benzene ring substituents is 1. The molecule has 2 aliphatic carbocycles. The lowest BCUT2D eigenvalue weighted by Gasteiger charge is -2.40. The van der Waals surface area contributed by atoms with Gasteiger partial charge in [-0.05, 0) is 31.7 Å². The van der Waals surface area contributed by atoms with Gasteiger partial charge in [-0.15, -0.1) is 0 Å². The van der Waals surface area contributed by atoms with E-state index in [2.05, 4.69) is 0 Å². The predicted molar refractivity (Wildman–Crippen MR) is 95.9 cm³/mol. The van der Waals surface area contributed by atoms with Crippen LogP contribution in [-0.4, -0.2) is 29.7 Å². The number of rotatable bonds is 5. The molecule has 2 fully saturated rings. The second-order valence-corrected chi connectivity index (χ2v) is 8.96. The van der Waals surface area contributed by atoms with Gasteiger partial charge in [0.2, 0.25) is 10.0 Å². The fraction of sp³-hybridized carbons (Fsp3) is 0.667. The monoisotopic (exact) mass is 366 g/mol. The maximum Gasteiger partial charge on any atom is 0.289 e. The number of sulfonamides is 1. The van der Waals surface area contributed by atoms with E-state index in [1.165, 1.54) is 18.2 Å². The minimum Gasteiger partial charge on any atom is -0.258 e. The summed E-state index contributed by atoms with van der Waals surface area (Å²) in [5.41, 5.74) is -0.320. The van der Waals surface area contributed by atoms with Crippen LogP contribution in [0.1, 0.15) is 64.2 Å². The number of hydrogen-bond donors (Lipinski definition) is 0. The van der Waals surface area contributed by atoms with Gasteiger partial charge in [0.15, 0.2) is 4.90 Å². The number of nitrogens with zero attached hydrogens (tertiary/aromatic N) is 2. The molecule has 0 spiro atoms. The van der Waals surface area contributed by atoms with Crippen molar-refractivity contribution in [2.24, 2.45) is 0 Å². The summed E-state index contributed by atoms with van der Waals surface area (Å²) in [6.45, 7) is 0. The van der Waals surface area contributed by atoms with Gasteiger partial charge >= 0.3 is 0 Å². The molecule has 1 aromatic rings. The van der Waals surface area contributed by atoms with Gasteiger partial charge in [-0.2, -0.15) is 4.31 Å². The van der Waals surface area contributed by atoms with Crippen molar-refractivity contribution >= 4 is 15.7 Å². The standard InChI is InChI=1S/C18H26N2O4S/c21-20(22)17-13-7-8-14-18(17)25(23,24)19(15-9-3-1-4-10-15)16-11-5-2-6-12-16/h7-8,13-16H,1-6,9-12H2. The van der Waals surface area contributed by atoms with Crippen LogP contribution >= 0.6 is 0 Å². The zero-order valence-corrected chi connectivity index (χ0v) is 15.3. The zero-order valence-electron chi connectivity index (χ0n) is 14.5. The normalized spacial score (nSPS) is 20.7. The summed E-state index contributed by atoms with van der Waals surface area (Å²) >= 11 is 0. The van der Waals surface area contributed by atoms with Crippen LogP contribution < -0.4 is 0 Å². The van der Waals surface area contributed by atoms with Crippen LogP contribution in [0, 0.1) is 10.1 Å². The third kappa shape index (κ3) is 3.87. The first-order chi connectivity index (χ1) is 12.0. The molecule has 0 N–H and O–H groups in total. The van der Waals surface area contributed by atoms with E-state index in [0.29, 0.717) is 0 Å². The highest BCUT2D eigenvalue weighted by Crippen LogP contribution is 2.36. The van der Waals surface area contributed by atoms with Crippen molar-refractivity contribution in [1.82, 2.24) is 4.31 Å². The fourth-order valence-corrected chi connectivity index (χ4v) is 6.39. The molecular formula is C18H26N2O4S. The number of benzene rings is 1. The first-order valence-electron chi connectivity index (χ1n) is 9.29. The van der Waals surface area contributed by atoms with E-state index in [0.717, 1.165) is 64.2 Å². The molecule has 0 aliphatic heterocycles. The quantitative estimate of drug-likeness (QED) is 0.576. The van der Waals surface area contributed by atoms with E-state index in [1.807, 2.05) is 0 Å². The molecule has 25 heavy (non-hydrogen) atoms. The summed E-state index contributed by atoms with van der Waals surface area (Å²) in [6, 6.07) is 5.70. The van der Waals surface area contributed by atoms with Crippen molar-refractivity contribution in [1.29, 1.82) is 0 Å². The SMILES string of the molecule is O=[N+]([O-])c1ccccc1S(=O)(=O)N(C1CCCCC1)C1CCCCC1.